The maximum atomic E-state index is 10.3. The number of hydrogen-bond donors (Lipinski definition) is 0. The zero-order chi connectivity index (χ0) is 5.11. The van der Waals surface area contributed by atoms with Crippen molar-refractivity contribution in [2.75, 3.05) is 0 Å². The zero-order valence-electron chi connectivity index (χ0n) is 6.24. The molecule has 0 spiro atoms. The quantitative estimate of drug-likeness (QED) is 0.352. The van der Waals surface area contributed by atoms with Crippen molar-refractivity contribution in [2.45, 2.75) is 0 Å². The molecule has 0 radical (unpaired) electrons. The minimum absolute atomic E-state index is 0. The molecule has 0 saturated carbocycles. The molecule has 0 aliphatic rings. The molecule has 1 rings (SSSR count). The van der Waals surface area contributed by atoms with E-state index < -0.39 is 0 Å². The Hall–Kier alpha value is 0.980. The summed E-state index contributed by atoms with van der Waals surface area (Å²) in [4.78, 5) is 0. The molecule has 4 heteroatoms. The molecule has 0 amide bonds. The molecule has 1 aromatic carbocycles. The molecular formula is C6H6Na2O2. The Bertz CT molecular complexity index is 144. The third-order valence-corrected chi connectivity index (χ3v) is 0.743. The van der Waals surface area contributed by atoms with Gasteiger partial charge < -0.3 is 10.6 Å². The Kier molecular flexibility index (Phi) is 17.1. The van der Waals surface area contributed by atoms with Gasteiger partial charge in [0.05, 0.1) is 0 Å². The molecule has 0 unspecified atom stereocenters. The Morgan fingerprint density at radius 2 is 1.30 bits per heavy atom. The van der Waals surface area contributed by atoms with Crippen molar-refractivity contribution in [3.8, 4) is 5.75 Å². The molecule has 1 N–H and O–H groups in total. The van der Waals surface area contributed by atoms with E-state index in [2.05, 4.69) is 0 Å². The smallest absolute Gasteiger partial charge is 0.872 e. The van der Waals surface area contributed by atoms with Gasteiger partial charge in [0.2, 0.25) is 0 Å². The maximum Gasteiger partial charge on any atom is 1.00 e. The number of rotatable bonds is 0. The monoisotopic (exact) mass is 156 g/mol. The van der Waals surface area contributed by atoms with Gasteiger partial charge in [-0.2, -0.15) is 0 Å². The summed E-state index contributed by atoms with van der Waals surface area (Å²) in [7, 11) is 0. The summed E-state index contributed by atoms with van der Waals surface area (Å²) in [5.41, 5.74) is 0. The molecule has 0 saturated heterocycles. The number of hydrogen-bond acceptors (Lipinski definition) is 2. The van der Waals surface area contributed by atoms with Crippen molar-refractivity contribution in [1.82, 2.24) is 0 Å². The first-order valence-corrected chi connectivity index (χ1v) is 2.11. The van der Waals surface area contributed by atoms with E-state index >= 15 is 0 Å². The van der Waals surface area contributed by atoms with Crippen molar-refractivity contribution in [2.24, 2.45) is 0 Å². The molecule has 10 heavy (non-hydrogen) atoms. The van der Waals surface area contributed by atoms with Gasteiger partial charge in [0.25, 0.3) is 0 Å². The van der Waals surface area contributed by atoms with E-state index in [1.807, 2.05) is 6.07 Å². The van der Waals surface area contributed by atoms with E-state index in [1.54, 1.807) is 12.1 Å². The molecule has 0 bridgehead atoms. The van der Waals surface area contributed by atoms with E-state index in [0.29, 0.717) is 0 Å². The molecule has 44 valence electrons. The molecule has 0 heterocycles. The van der Waals surface area contributed by atoms with E-state index in [9.17, 15) is 5.11 Å². The maximum absolute atomic E-state index is 10.3. The Morgan fingerprint density at radius 3 is 1.50 bits per heavy atom. The standard InChI is InChI=1S/C6H6O.2Na.H2O/c7-6-4-2-1-3-5-6;;;/h1-5,7H;;;1H2/q;2*+1;/p-2. The van der Waals surface area contributed by atoms with Gasteiger partial charge >= 0.3 is 59.1 Å². The summed E-state index contributed by atoms with van der Waals surface area (Å²) in [6.07, 6.45) is 0. The number of benzene rings is 1. The third-order valence-electron chi connectivity index (χ3n) is 0.743. The molecule has 0 atom stereocenters. The fraction of sp³-hybridized carbons (Fsp3) is 0. The van der Waals surface area contributed by atoms with Gasteiger partial charge in [-0.25, -0.2) is 0 Å². The molecular weight excluding hydrogens is 150 g/mol. The van der Waals surface area contributed by atoms with Crippen LogP contribution in [0, 0.1) is 0 Å². The van der Waals surface area contributed by atoms with Crippen LogP contribution in [0.25, 0.3) is 0 Å². The predicted molar refractivity (Wildman–Crippen MR) is 27.8 cm³/mol. The summed E-state index contributed by atoms with van der Waals surface area (Å²) < 4.78 is 0. The summed E-state index contributed by atoms with van der Waals surface area (Å²) in [6.45, 7) is 0. The Labute approximate surface area is 105 Å². The van der Waals surface area contributed by atoms with Crippen LogP contribution in [0.2, 0.25) is 0 Å². The predicted octanol–water partition coefficient (Wildman–Crippen LogP) is -5.41. The van der Waals surface area contributed by atoms with Crippen LogP contribution in [-0.4, -0.2) is 5.48 Å². The van der Waals surface area contributed by atoms with Gasteiger partial charge in [-0.05, 0) is 0 Å². The van der Waals surface area contributed by atoms with Crippen LogP contribution in [0.4, 0.5) is 0 Å². The van der Waals surface area contributed by atoms with Crippen molar-refractivity contribution < 1.29 is 69.7 Å². The van der Waals surface area contributed by atoms with Crippen LogP contribution in [0.15, 0.2) is 30.3 Å². The first kappa shape index (κ1) is 17.2. The average molecular weight is 156 g/mol. The molecule has 0 aromatic heterocycles. The van der Waals surface area contributed by atoms with Gasteiger partial charge in [-0.15, -0.1) is 5.75 Å². The van der Waals surface area contributed by atoms with Crippen LogP contribution < -0.4 is 64.2 Å². The van der Waals surface area contributed by atoms with Crippen LogP contribution >= 0.6 is 0 Å². The average Bonchev–Trinajstić information content (AvgIpc) is 1.69. The topological polar surface area (TPSA) is 53.1 Å². The second-order valence-corrected chi connectivity index (χ2v) is 1.31. The minimum atomic E-state index is 0. The molecule has 1 aromatic rings. The first-order chi connectivity index (χ1) is 3.39. The molecule has 0 fully saturated rings. The summed E-state index contributed by atoms with van der Waals surface area (Å²) in [6, 6.07) is 8.33. The first-order valence-electron chi connectivity index (χ1n) is 2.11. The van der Waals surface area contributed by atoms with Gasteiger partial charge in [-0.3, -0.25) is 0 Å². The van der Waals surface area contributed by atoms with Crippen molar-refractivity contribution >= 4 is 0 Å². The minimum Gasteiger partial charge on any atom is -0.872 e. The SMILES string of the molecule is [Na+].[Na+].[O-]c1ccccc1.[OH-]. The van der Waals surface area contributed by atoms with Crippen molar-refractivity contribution in [1.29, 1.82) is 0 Å². The second kappa shape index (κ2) is 9.98. The largest absolute Gasteiger partial charge is 1.00 e. The fourth-order valence-corrected chi connectivity index (χ4v) is 0.420. The van der Waals surface area contributed by atoms with Crippen LogP contribution in [0.5, 0.6) is 5.75 Å². The van der Waals surface area contributed by atoms with Gasteiger partial charge in [0.15, 0.2) is 0 Å². The zero-order valence-corrected chi connectivity index (χ0v) is 10.2. The van der Waals surface area contributed by atoms with Crippen molar-refractivity contribution in [3.05, 3.63) is 30.3 Å². The van der Waals surface area contributed by atoms with Crippen LogP contribution in [-0.2, 0) is 0 Å². The number of para-hydroxylation sites is 1. The second-order valence-electron chi connectivity index (χ2n) is 1.31. The summed E-state index contributed by atoms with van der Waals surface area (Å²) >= 11 is 0. The summed E-state index contributed by atoms with van der Waals surface area (Å²) in [5, 5.41) is 10.3. The van der Waals surface area contributed by atoms with E-state index in [4.69, 9.17) is 0 Å². The van der Waals surface area contributed by atoms with Crippen LogP contribution in [0.3, 0.4) is 0 Å². The van der Waals surface area contributed by atoms with Crippen LogP contribution in [0.1, 0.15) is 0 Å². The Morgan fingerprint density at radius 1 is 0.900 bits per heavy atom. The third kappa shape index (κ3) is 7.09. The fourth-order valence-electron chi connectivity index (χ4n) is 0.420. The van der Waals surface area contributed by atoms with Crippen molar-refractivity contribution in [3.63, 3.8) is 0 Å². The van der Waals surface area contributed by atoms with E-state index in [1.165, 1.54) is 12.1 Å². The Balaban J connectivity index is -0.000000163. The van der Waals surface area contributed by atoms with E-state index in [0.717, 1.165) is 0 Å². The van der Waals surface area contributed by atoms with Gasteiger partial charge in [0, 0.05) is 0 Å². The van der Waals surface area contributed by atoms with Gasteiger partial charge in [-0.1, -0.05) is 30.3 Å². The molecule has 0 aliphatic heterocycles. The van der Waals surface area contributed by atoms with Gasteiger partial charge in [0.1, 0.15) is 0 Å². The normalized spacial score (nSPS) is 6.00. The summed E-state index contributed by atoms with van der Waals surface area (Å²) in [5.74, 6) is 0.0718. The van der Waals surface area contributed by atoms with E-state index in [-0.39, 0.29) is 70.3 Å². The molecule has 2 nitrogen and oxygen atoms in total. The molecule has 0 aliphatic carbocycles.